The number of hydrogen-bond acceptors (Lipinski definition) is 3. The second kappa shape index (κ2) is 5.74. The van der Waals surface area contributed by atoms with Crippen molar-refractivity contribution < 1.29 is 14.3 Å². The minimum absolute atomic E-state index is 0.0650. The Balaban J connectivity index is 2.42. The highest BCUT2D eigenvalue weighted by atomic mass is 19.1. The topological polar surface area (TPSA) is 40.5 Å². The van der Waals surface area contributed by atoms with Gasteiger partial charge in [-0.25, -0.2) is 4.39 Å². The Hall–Kier alpha value is -2.36. The first-order chi connectivity index (χ1) is 9.52. The number of hydrogen-bond donors (Lipinski definition) is 1. The molecule has 2 aromatic carbocycles. The lowest BCUT2D eigenvalue weighted by Crippen LogP contribution is -2.16. The Kier molecular flexibility index (Phi) is 4.03. The number of rotatable bonds is 4. The quantitative estimate of drug-likeness (QED) is 0.859. The number of aromatic hydroxyl groups is 1. The number of ketones is 1. The number of halogens is 1. The molecule has 0 radical (unpaired) electrons. The normalized spacial score (nSPS) is 10.3. The maximum Gasteiger partial charge on any atom is 0.163 e. The molecule has 104 valence electrons. The molecule has 0 saturated carbocycles. The summed E-state index contributed by atoms with van der Waals surface area (Å²) >= 11 is 0. The van der Waals surface area contributed by atoms with Crippen molar-refractivity contribution in [1.29, 1.82) is 0 Å². The van der Waals surface area contributed by atoms with E-state index in [-0.39, 0.29) is 22.9 Å². The Morgan fingerprint density at radius 2 is 1.90 bits per heavy atom. The summed E-state index contributed by atoms with van der Waals surface area (Å²) in [5.74, 6) is -0.571. The third-order valence-corrected chi connectivity index (χ3v) is 3.11. The van der Waals surface area contributed by atoms with Crippen LogP contribution in [0.5, 0.6) is 5.75 Å². The van der Waals surface area contributed by atoms with E-state index >= 15 is 0 Å². The number of Topliss-reactive ketones (excluding diaryl/α,β-unsaturated/α-hetero) is 1. The summed E-state index contributed by atoms with van der Waals surface area (Å²) < 4.78 is 13.3. The van der Waals surface area contributed by atoms with Gasteiger partial charge in [0.2, 0.25) is 0 Å². The molecule has 0 aliphatic carbocycles. The summed E-state index contributed by atoms with van der Waals surface area (Å²) in [4.78, 5) is 13.2. The van der Waals surface area contributed by atoms with E-state index in [1.807, 2.05) is 11.8 Å². The van der Waals surface area contributed by atoms with Crippen LogP contribution in [0.25, 0.3) is 0 Å². The zero-order valence-corrected chi connectivity index (χ0v) is 11.4. The van der Waals surface area contributed by atoms with Gasteiger partial charge >= 0.3 is 0 Å². The van der Waals surface area contributed by atoms with E-state index in [2.05, 4.69) is 0 Å². The molecule has 0 bridgehead atoms. The minimum atomic E-state index is -0.314. The first-order valence-corrected chi connectivity index (χ1v) is 6.40. The van der Waals surface area contributed by atoms with Gasteiger partial charge in [0.1, 0.15) is 11.6 Å². The second-order valence-electron chi connectivity index (χ2n) is 4.48. The maximum absolute atomic E-state index is 13.3. The molecule has 4 heteroatoms. The van der Waals surface area contributed by atoms with Crippen molar-refractivity contribution in [3.63, 3.8) is 0 Å². The summed E-state index contributed by atoms with van der Waals surface area (Å²) in [6.45, 7) is 3.95. The molecule has 0 saturated heterocycles. The van der Waals surface area contributed by atoms with Gasteiger partial charge in [-0.05, 0) is 44.2 Å². The highest BCUT2D eigenvalue weighted by Gasteiger charge is 2.12. The zero-order chi connectivity index (χ0) is 14.7. The van der Waals surface area contributed by atoms with Crippen LogP contribution >= 0.6 is 0 Å². The molecule has 0 aliphatic heterocycles. The Morgan fingerprint density at radius 3 is 2.45 bits per heavy atom. The van der Waals surface area contributed by atoms with E-state index < -0.39 is 0 Å². The number of carbonyl (C=O) groups is 1. The van der Waals surface area contributed by atoms with Gasteiger partial charge in [0.15, 0.2) is 5.78 Å². The second-order valence-corrected chi connectivity index (χ2v) is 4.48. The van der Waals surface area contributed by atoms with E-state index in [0.29, 0.717) is 17.9 Å². The van der Waals surface area contributed by atoms with E-state index in [0.717, 1.165) is 0 Å². The summed E-state index contributed by atoms with van der Waals surface area (Å²) in [6.07, 6.45) is 0. The van der Waals surface area contributed by atoms with Crippen LogP contribution in [0.2, 0.25) is 0 Å². The van der Waals surface area contributed by atoms with Crippen molar-refractivity contribution in [3.05, 3.63) is 53.8 Å². The molecule has 1 N–H and O–H groups in total. The van der Waals surface area contributed by atoms with E-state index in [9.17, 15) is 14.3 Å². The lowest BCUT2D eigenvalue weighted by molar-refractivity contribution is 0.101. The van der Waals surface area contributed by atoms with Gasteiger partial charge in [-0.3, -0.25) is 4.79 Å². The third kappa shape index (κ3) is 2.79. The van der Waals surface area contributed by atoms with Crippen LogP contribution < -0.4 is 4.90 Å². The van der Waals surface area contributed by atoms with Gasteiger partial charge < -0.3 is 10.0 Å². The highest BCUT2D eigenvalue weighted by molar-refractivity contribution is 5.97. The molecule has 0 spiro atoms. The fourth-order valence-corrected chi connectivity index (χ4v) is 2.14. The summed E-state index contributed by atoms with van der Waals surface area (Å²) in [6, 6.07) is 11.1. The number of anilines is 2. The number of carbonyl (C=O) groups excluding carboxylic acids is 1. The molecule has 2 rings (SSSR count). The third-order valence-electron chi connectivity index (χ3n) is 3.11. The van der Waals surface area contributed by atoms with E-state index in [1.165, 1.54) is 25.1 Å². The van der Waals surface area contributed by atoms with Gasteiger partial charge in [-0.2, -0.15) is 0 Å². The van der Waals surface area contributed by atoms with E-state index in [1.54, 1.807) is 24.3 Å². The van der Waals surface area contributed by atoms with Gasteiger partial charge in [0.05, 0.1) is 5.56 Å². The number of benzene rings is 2. The molecule has 0 fully saturated rings. The fourth-order valence-electron chi connectivity index (χ4n) is 2.14. The van der Waals surface area contributed by atoms with Crippen molar-refractivity contribution in [1.82, 2.24) is 0 Å². The van der Waals surface area contributed by atoms with Crippen LogP contribution in [0, 0.1) is 5.82 Å². The Labute approximate surface area is 117 Å². The largest absolute Gasteiger partial charge is 0.507 e. The van der Waals surface area contributed by atoms with Crippen molar-refractivity contribution in [3.8, 4) is 5.75 Å². The molecule has 0 atom stereocenters. The molecular formula is C16H16FNO2. The zero-order valence-electron chi connectivity index (χ0n) is 11.4. The molecule has 2 aromatic rings. The van der Waals surface area contributed by atoms with Gasteiger partial charge in [-0.15, -0.1) is 0 Å². The molecule has 0 unspecified atom stereocenters. The Morgan fingerprint density at radius 1 is 1.20 bits per heavy atom. The standard InChI is InChI=1S/C16H16FNO2/c1-3-18(13-6-4-5-12(17)9-13)14-7-8-15(11(2)19)16(20)10-14/h4-10,20H,3H2,1-2H3. The molecule has 20 heavy (non-hydrogen) atoms. The van der Waals surface area contributed by atoms with Crippen LogP contribution in [-0.4, -0.2) is 17.4 Å². The van der Waals surface area contributed by atoms with E-state index in [4.69, 9.17) is 0 Å². The van der Waals surface area contributed by atoms with Crippen LogP contribution in [0.15, 0.2) is 42.5 Å². The predicted molar refractivity (Wildman–Crippen MR) is 77.2 cm³/mol. The average Bonchev–Trinajstić information content (AvgIpc) is 2.39. The van der Waals surface area contributed by atoms with Crippen LogP contribution in [0.3, 0.4) is 0 Å². The van der Waals surface area contributed by atoms with Crippen molar-refractivity contribution in [2.24, 2.45) is 0 Å². The fraction of sp³-hybridized carbons (Fsp3) is 0.188. The minimum Gasteiger partial charge on any atom is -0.507 e. The number of nitrogens with zero attached hydrogens (tertiary/aromatic N) is 1. The number of phenolic OH excluding ortho intramolecular Hbond substituents is 1. The monoisotopic (exact) mass is 273 g/mol. The van der Waals surface area contributed by atoms with Crippen LogP contribution in [-0.2, 0) is 0 Å². The molecule has 0 amide bonds. The molecule has 0 aromatic heterocycles. The predicted octanol–water partition coefficient (Wildman–Crippen LogP) is 3.89. The van der Waals surface area contributed by atoms with Crippen LogP contribution in [0.1, 0.15) is 24.2 Å². The van der Waals surface area contributed by atoms with Crippen molar-refractivity contribution in [2.45, 2.75) is 13.8 Å². The summed E-state index contributed by atoms with van der Waals surface area (Å²) in [5, 5.41) is 9.89. The van der Waals surface area contributed by atoms with Gasteiger partial charge in [0.25, 0.3) is 0 Å². The summed E-state index contributed by atoms with van der Waals surface area (Å²) in [7, 11) is 0. The van der Waals surface area contributed by atoms with Crippen LogP contribution in [0.4, 0.5) is 15.8 Å². The first-order valence-electron chi connectivity index (χ1n) is 6.40. The van der Waals surface area contributed by atoms with Gasteiger partial charge in [0, 0.05) is 24.0 Å². The average molecular weight is 273 g/mol. The SMILES string of the molecule is CCN(c1cccc(F)c1)c1ccc(C(C)=O)c(O)c1. The molecule has 3 nitrogen and oxygen atoms in total. The summed E-state index contributed by atoms with van der Waals surface area (Å²) in [5.41, 5.74) is 1.69. The molecular weight excluding hydrogens is 257 g/mol. The highest BCUT2D eigenvalue weighted by Crippen LogP contribution is 2.30. The van der Waals surface area contributed by atoms with Crippen molar-refractivity contribution in [2.75, 3.05) is 11.4 Å². The first kappa shape index (κ1) is 14.1. The lowest BCUT2D eigenvalue weighted by Gasteiger charge is -2.23. The smallest absolute Gasteiger partial charge is 0.163 e. The maximum atomic E-state index is 13.3. The molecule has 0 heterocycles. The van der Waals surface area contributed by atoms with Gasteiger partial charge in [-0.1, -0.05) is 6.07 Å². The Bertz CT molecular complexity index is 640. The lowest BCUT2D eigenvalue weighted by atomic mass is 10.1. The van der Waals surface area contributed by atoms with Crippen molar-refractivity contribution >= 4 is 17.2 Å². The number of phenols is 1. The molecule has 0 aliphatic rings.